The first-order valence-corrected chi connectivity index (χ1v) is 6.86. The van der Waals surface area contributed by atoms with Gasteiger partial charge in [0.2, 0.25) is 0 Å². The summed E-state index contributed by atoms with van der Waals surface area (Å²) in [6.07, 6.45) is 1.05. The lowest BCUT2D eigenvalue weighted by Gasteiger charge is -2.31. The normalized spacial score (nSPS) is 23.5. The number of carbonyl (C=O) groups is 1. The number of carboxylic acids is 1. The van der Waals surface area contributed by atoms with Crippen LogP contribution in [0.15, 0.2) is 24.3 Å². The Morgan fingerprint density at radius 3 is 2.47 bits per heavy atom. The smallest absolute Gasteiger partial charge is 0.322 e. The third kappa shape index (κ3) is 3.55. The number of rotatable bonds is 4. The van der Waals surface area contributed by atoms with Crippen molar-refractivity contribution in [3.8, 4) is 0 Å². The fourth-order valence-corrected chi connectivity index (χ4v) is 2.56. The van der Waals surface area contributed by atoms with E-state index >= 15 is 0 Å². The molecule has 19 heavy (non-hydrogen) atoms. The highest BCUT2D eigenvalue weighted by molar-refractivity contribution is 5.75. The summed E-state index contributed by atoms with van der Waals surface area (Å²) < 4.78 is 0. The summed E-state index contributed by atoms with van der Waals surface area (Å²) in [7, 11) is 0. The van der Waals surface area contributed by atoms with Crippen LogP contribution in [0.3, 0.4) is 0 Å². The van der Waals surface area contributed by atoms with E-state index in [4.69, 9.17) is 0 Å². The molecular weight excluding hydrogens is 240 g/mol. The average Bonchev–Trinajstić information content (AvgIpc) is 2.39. The molecule has 0 radical (unpaired) electrons. The Morgan fingerprint density at radius 1 is 1.26 bits per heavy atom. The number of piperazine rings is 1. The second-order valence-corrected chi connectivity index (χ2v) is 5.54. The quantitative estimate of drug-likeness (QED) is 0.771. The molecule has 4 heteroatoms. The Bertz CT molecular complexity index is 428. The molecule has 1 aromatic carbocycles. The highest BCUT2D eigenvalue weighted by atomic mass is 16.4. The Labute approximate surface area is 114 Å². The number of nitrogens with one attached hydrogen (secondary N) is 2. The van der Waals surface area contributed by atoms with E-state index in [1.165, 1.54) is 5.56 Å². The molecule has 0 aromatic heterocycles. The predicted molar refractivity (Wildman–Crippen MR) is 75.2 cm³/mol. The summed E-state index contributed by atoms with van der Waals surface area (Å²) in [6, 6.07) is 7.58. The van der Waals surface area contributed by atoms with Gasteiger partial charge in [-0.3, -0.25) is 4.79 Å². The fourth-order valence-electron chi connectivity index (χ4n) is 2.56. The van der Waals surface area contributed by atoms with Crippen LogP contribution in [0, 0.1) is 5.92 Å². The van der Waals surface area contributed by atoms with Gasteiger partial charge in [-0.2, -0.15) is 0 Å². The summed E-state index contributed by atoms with van der Waals surface area (Å²) in [4.78, 5) is 11.2. The summed E-state index contributed by atoms with van der Waals surface area (Å²) in [5.41, 5.74) is 2.33. The zero-order valence-corrected chi connectivity index (χ0v) is 11.5. The van der Waals surface area contributed by atoms with Crippen molar-refractivity contribution >= 4 is 5.97 Å². The van der Waals surface area contributed by atoms with Crippen LogP contribution < -0.4 is 10.6 Å². The van der Waals surface area contributed by atoms with Gasteiger partial charge in [-0.05, 0) is 23.5 Å². The molecule has 1 aromatic rings. The van der Waals surface area contributed by atoms with Gasteiger partial charge in [0, 0.05) is 13.1 Å². The van der Waals surface area contributed by atoms with E-state index in [-0.39, 0.29) is 6.04 Å². The third-order valence-electron chi connectivity index (χ3n) is 3.44. The molecule has 2 unspecified atom stereocenters. The first kappa shape index (κ1) is 14.0. The molecule has 0 aliphatic carbocycles. The molecule has 2 atom stereocenters. The van der Waals surface area contributed by atoms with Crippen molar-refractivity contribution in [1.29, 1.82) is 0 Å². The molecule has 0 saturated carbocycles. The maximum absolute atomic E-state index is 11.2. The van der Waals surface area contributed by atoms with Crippen LogP contribution in [0.5, 0.6) is 0 Å². The van der Waals surface area contributed by atoms with Gasteiger partial charge in [-0.25, -0.2) is 0 Å². The first-order valence-electron chi connectivity index (χ1n) is 6.86. The Morgan fingerprint density at radius 2 is 1.89 bits per heavy atom. The molecule has 3 N–H and O–H groups in total. The highest BCUT2D eigenvalue weighted by Gasteiger charge is 2.31. The Balaban J connectivity index is 2.13. The molecular formula is C15H22N2O2. The summed E-state index contributed by atoms with van der Waals surface area (Å²) in [5, 5.41) is 15.6. The van der Waals surface area contributed by atoms with E-state index in [1.807, 2.05) is 12.1 Å². The van der Waals surface area contributed by atoms with E-state index in [2.05, 4.69) is 36.6 Å². The Hall–Kier alpha value is -1.39. The standard InChI is InChI=1S/C15H22N2O2/c1-10(2)9-11-3-5-12(6-4-11)13-14(15(18)19)17-8-7-16-13/h3-6,10,13-14,16-17H,7-9H2,1-2H3,(H,18,19). The largest absolute Gasteiger partial charge is 0.480 e. The van der Waals surface area contributed by atoms with Gasteiger partial charge in [-0.15, -0.1) is 0 Å². The van der Waals surface area contributed by atoms with Crippen LogP contribution in [-0.2, 0) is 11.2 Å². The average molecular weight is 262 g/mol. The molecule has 0 bridgehead atoms. The van der Waals surface area contributed by atoms with Gasteiger partial charge < -0.3 is 15.7 Å². The van der Waals surface area contributed by atoms with Gasteiger partial charge in [0.1, 0.15) is 6.04 Å². The van der Waals surface area contributed by atoms with Crippen molar-refractivity contribution in [2.45, 2.75) is 32.4 Å². The minimum atomic E-state index is -0.802. The third-order valence-corrected chi connectivity index (χ3v) is 3.44. The van der Waals surface area contributed by atoms with Gasteiger partial charge in [0.15, 0.2) is 0 Å². The topological polar surface area (TPSA) is 61.4 Å². The molecule has 1 fully saturated rings. The second-order valence-electron chi connectivity index (χ2n) is 5.54. The van der Waals surface area contributed by atoms with Crippen molar-refractivity contribution < 1.29 is 9.90 Å². The number of aliphatic carboxylic acids is 1. The molecule has 1 saturated heterocycles. The summed E-state index contributed by atoms with van der Waals surface area (Å²) >= 11 is 0. The van der Waals surface area contributed by atoms with Crippen molar-refractivity contribution in [1.82, 2.24) is 10.6 Å². The van der Waals surface area contributed by atoms with Gasteiger partial charge in [0.05, 0.1) is 6.04 Å². The molecule has 1 aliphatic rings. The zero-order chi connectivity index (χ0) is 13.8. The maximum Gasteiger partial charge on any atom is 0.322 e. The predicted octanol–water partition coefficient (Wildman–Crippen LogP) is 1.57. The molecule has 4 nitrogen and oxygen atoms in total. The lowest BCUT2D eigenvalue weighted by molar-refractivity contribution is -0.140. The lowest BCUT2D eigenvalue weighted by atomic mass is 9.95. The summed E-state index contributed by atoms with van der Waals surface area (Å²) in [6.45, 7) is 5.88. The van der Waals surface area contributed by atoms with Crippen LogP contribution in [0.1, 0.15) is 31.0 Å². The molecule has 104 valence electrons. The number of benzene rings is 1. The zero-order valence-electron chi connectivity index (χ0n) is 11.5. The van der Waals surface area contributed by atoms with Crippen LogP contribution in [0.2, 0.25) is 0 Å². The van der Waals surface area contributed by atoms with E-state index in [9.17, 15) is 9.90 Å². The van der Waals surface area contributed by atoms with Crippen molar-refractivity contribution in [2.24, 2.45) is 5.92 Å². The van der Waals surface area contributed by atoms with Crippen molar-refractivity contribution in [3.05, 3.63) is 35.4 Å². The number of hydrogen-bond donors (Lipinski definition) is 3. The Kier molecular flexibility index (Phi) is 4.56. The first-order chi connectivity index (χ1) is 9.08. The molecule has 0 spiro atoms. The minimum Gasteiger partial charge on any atom is -0.480 e. The summed E-state index contributed by atoms with van der Waals surface area (Å²) in [5.74, 6) is -0.171. The van der Waals surface area contributed by atoms with E-state index in [0.29, 0.717) is 12.5 Å². The van der Waals surface area contributed by atoms with E-state index in [1.54, 1.807) is 0 Å². The van der Waals surface area contributed by atoms with Crippen LogP contribution in [-0.4, -0.2) is 30.2 Å². The monoisotopic (exact) mass is 262 g/mol. The van der Waals surface area contributed by atoms with Gasteiger partial charge in [0.25, 0.3) is 0 Å². The van der Waals surface area contributed by atoms with Crippen LogP contribution in [0.25, 0.3) is 0 Å². The van der Waals surface area contributed by atoms with Crippen LogP contribution >= 0.6 is 0 Å². The number of carboxylic acid groups (broad SMARTS) is 1. The number of hydrogen-bond acceptors (Lipinski definition) is 3. The second kappa shape index (κ2) is 6.17. The van der Waals surface area contributed by atoms with Crippen LogP contribution in [0.4, 0.5) is 0 Å². The molecule has 2 rings (SSSR count). The lowest BCUT2D eigenvalue weighted by Crippen LogP contribution is -2.54. The van der Waals surface area contributed by atoms with E-state index in [0.717, 1.165) is 18.5 Å². The molecule has 1 aliphatic heterocycles. The van der Waals surface area contributed by atoms with E-state index < -0.39 is 12.0 Å². The highest BCUT2D eigenvalue weighted by Crippen LogP contribution is 2.20. The van der Waals surface area contributed by atoms with Gasteiger partial charge >= 0.3 is 5.97 Å². The van der Waals surface area contributed by atoms with Crippen molar-refractivity contribution in [2.75, 3.05) is 13.1 Å². The maximum atomic E-state index is 11.2. The van der Waals surface area contributed by atoms with Crippen molar-refractivity contribution in [3.63, 3.8) is 0 Å². The molecule has 0 amide bonds. The van der Waals surface area contributed by atoms with Gasteiger partial charge in [-0.1, -0.05) is 38.1 Å². The fraction of sp³-hybridized carbons (Fsp3) is 0.533. The SMILES string of the molecule is CC(C)Cc1ccc(C2NCCNC2C(=O)O)cc1. The minimum absolute atomic E-state index is 0.153. The molecule has 1 heterocycles.